The second-order valence-electron chi connectivity index (χ2n) is 4.24. The second kappa shape index (κ2) is 3.94. The Morgan fingerprint density at radius 1 is 1.35 bits per heavy atom. The molecule has 0 aliphatic rings. The van der Waals surface area contributed by atoms with Crippen molar-refractivity contribution in [3.05, 3.63) is 36.4 Å². The summed E-state index contributed by atoms with van der Waals surface area (Å²) in [6, 6.07) is 4.29. The Bertz CT molecular complexity index is 700. The summed E-state index contributed by atoms with van der Waals surface area (Å²) in [5.41, 5.74) is 3.61. The zero-order valence-corrected chi connectivity index (χ0v) is 11.9. The van der Waals surface area contributed by atoms with Gasteiger partial charge in [0.2, 0.25) is 0 Å². The number of aromatic amines is 1. The number of halogens is 1. The average Bonchev–Trinajstić information content (AvgIpc) is 2.64. The molecule has 0 saturated heterocycles. The van der Waals surface area contributed by atoms with E-state index in [-0.39, 0.29) is 0 Å². The molecule has 1 atom stereocenters. The number of pyridine rings is 2. The first-order chi connectivity index (χ1) is 8.18. The summed E-state index contributed by atoms with van der Waals surface area (Å²) in [5.74, 6) is 0. The van der Waals surface area contributed by atoms with E-state index >= 15 is 0 Å². The number of H-pyrrole nitrogens is 1. The van der Waals surface area contributed by atoms with Gasteiger partial charge in [0.15, 0.2) is 12.4 Å². The van der Waals surface area contributed by atoms with Gasteiger partial charge in [0.25, 0.3) is 0 Å². The maximum atomic E-state index is 4.54. The fourth-order valence-corrected chi connectivity index (χ4v) is 2.56. The molecule has 0 amide bonds. The molecule has 86 valence electrons. The van der Waals surface area contributed by atoms with Crippen LogP contribution in [-0.2, 0) is 7.05 Å². The molecule has 0 aliphatic heterocycles. The molecular formula is C13H13IN3+. The number of aromatic nitrogens is 3. The number of aryl methyl sites for hydroxylation is 1. The number of fused-ring (bicyclic) bond motifs is 3. The molecule has 0 bridgehead atoms. The van der Waals surface area contributed by atoms with Crippen molar-refractivity contribution in [3.8, 4) is 0 Å². The van der Waals surface area contributed by atoms with Crippen LogP contribution in [0.5, 0.6) is 0 Å². The molecule has 4 heteroatoms. The Kier molecular flexibility index (Phi) is 2.54. The van der Waals surface area contributed by atoms with E-state index in [0.29, 0.717) is 3.92 Å². The third-order valence-corrected chi connectivity index (χ3v) is 3.80. The van der Waals surface area contributed by atoms with Crippen molar-refractivity contribution < 1.29 is 4.98 Å². The lowest BCUT2D eigenvalue weighted by atomic mass is 10.2. The van der Waals surface area contributed by atoms with Crippen LogP contribution in [0.4, 0.5) is 0 Å². The minimum Gasteiger partial charge on any atom is -0.343 e. The molecule has 0 spiro atoms. The minimum atomic E-state index is 0.432. The monoisotopic (exact) mass is 338 g/mol. The summed E-state index contributed by atoms with van der Waals surface area (Å²) in [7, 11) is 2.10. The molecule has 1 N–H and O–H groups in total. The smallest absolute Gasteiger partial charge is 0.177 e. The van der Waals surface area contributed by atoms with Crippen LogP contribution in [0.3, 0.4) is 0 Å². The van der Waals surface area contributed by atoms with Gasteiger partial charge >= 0.3 is 0 Å². The van der Waals surface area contributed by atoms with Gasteiger partial charge in [-0.2, -0.15) is 0 Å². The van der Waals surface area contributed by atoms with Gasteiger partial charge in [0.1, 0.15) is 0 Å². The molecular weight excluding hydrogens is 325 g/mol. The summed E-state index contributed by atoms with van der Waals surface area (Å²) >= 11 is 2.39. The van der Waals surface area contributed by atoms with Gasteiger partial charge in [-0.05, 0) is 13.0 Å². The Balaban J connectivity index is 2.45. The highest BCUT2D eigenvalue weighted by molar-refractivity contribution is 14.1. The third kappa shape index (κ3) is 1.62. The number of hydrogen-bond donors (Lipinski definition) is 0. The number of hydrogen-bond acceptors (Lipinski definition) is 1. The molecule has 1 unspecified atom stereocenters. The Morgan fingerprint density at radius 3 is 2.94 bits per heavy atom. The van der Waals surface area contributed by atoms with Crippen LogP contribution in [0.25, 0.3) is 21.8 Å². The second-order valence-corrected chi connectivity index (χ2v) is 6.11. The highest BCUT2D eigenvalue weighted by Crippen LogP contribution is 2.29. The molecule has 3 nitrogen and oxygen atoms in total. The zero-order valence-electron chi connectivity index (χ0n) is 9.74. The summed E-state index contributed by atoms with van der Waals surface area (Å²) in [6.07, 6.45) is 5.97. The average molecular weight is 338 g/mol. The fourth-order valence-electron chi connectivity index (χ4n) is 2.22. The molecule has 0 aliphatic carbocycles. The number of alkyl halides is 1. The lowest BCUT2D eigenvalue weighted by molar-refractivity contribution is -0.375. The van der Waals surface area contributed by atoms with Gasteiger partial charge in [0.05, 0.1) is 26.0 Å². The van der Waals surface area contributed by atoms with E-state index in [4.69, 9.17) is 0 Å². The molecule has 0 radical (unpaired) electrons. The predicted octanol–water partition coefficient (Wildman–Crippen LogP) is 3.04. The molecule has 3 heterocycles. The van der Waals surface area contributed by atoms with Crippen LogP contribution in [0.15, 0.2) is 30.7 Å². The van der Waals surface area contributed by atoms with Crippen LogP contribution in [0.1, 0.15) is 16.5 Å². The first-order valence-electron chi connectivity index (χ1n) is 5.56. The molecule has 17 heavy (non-hydrogen) atoms. The van der Waals surface area contributed by atoms with Gasteiger partial charge in [-0.15, -0.1) is 0 Å². The minimum absolute atomic E-state index is 0.432. The van der Waals surface area contributed by atoms with Crippen molar-refractivity contribution in [1.82, 2.24) is 9.55 Å². The van der Waals surface area contributed by atoms with Crippen LogP contribution in [0, 0.1) is 0 Å². The fraction of sp³-hybridized carbons (Fsp3) is 0.231. The maximum Gasteiger partial charge on any atom is 0.177 e. The molecule has 0 saturated carbocycles. The highest BCUT2D eigenvalue weighted by atomic mass is 127. The Labute approximate surface area is 113 Å². The van der Waals surface area contributed by atoms with E-state index < -0.39 is 0 Å². The summed E-state index contributed by atoms with van der Waals surface area (Å²) in [5, 5.41) is 2.44. The van der Waals surface area contributed by atoms with Crippen molar-refractivity contribution in [2.75, 3.05) is 0 Å². The van der Waals surface area contributed by atoms with Crippen LogP contribution >= 0.6 is 22.6 Å². The van der Waals surface area contributed by atoms with Gasteiger partial charge in [-0.25, -0.2) is 4.98 Å². The van der Waals surface area contributed by atoms with Crippen molar-refractivity contribution >= 4 is 44.4 Å². The normalized spacial score (nSPS) is 13.4. The molecule has 3 rings (SSSR count). The Morgan fingerprint density at radius 2 is 2.18 bits per heavy atom. The maximum absolute atomic E-state index is 4.54. The van der Waals surface area contributed by atoms with Crippen molar-refractivity contribution in [1.29, 1.82) is 0 Å². The summed E-state index contributed by atoms with van der Waals surface area (Å²) in [6.45, 7) is 2.16. The van der Waals surface area contributed by atoms with Gasteiger partial charge in [-0.1, -0.05) is 22.6 Å². The largest absolute Gasteiger partial charge is 0.343 e. The zero-order chi connectivity index (χ0) is 12.0. The Hall–Kier alpha value is -1.17. The van der Waals surface area contributed by atoms with E-state index in [1.165, 1.54) is 21.8 Å². The number of rotatable bonds is 1. The van der Waals surface area contributed by atoms with E-state index in [2.05, 4.69) is 63.2 Å². The standard InChI is InChI=1S/C13H12IN3/c1-8(14)11-5-13-10(7-16-11)9-6-15-4-3-12(9)17(13)2/h3-8H,1-2H3/p+1. The van der Waals surface area contributed by atoms with E-state index in [9.17, 15) is 0 Å². The van der Waals surface area contributed by atoms with Crippen LogP contribution in [0.2, 0.25) is 0 Å². The third-order valence-electron chi connectivity index (χ3n) is 3.16. The van der Waals surface area contributed by atoms with E-state index in [1.54, 1.807) is 0 Å². The lowest BCUT2D eigenvalue weighted by Gasteiger charge is -2.03. The van der Waals surface area contributed by atoms with E-state index in [0.717, 1.165) is 5.69 Å². The van der Waals surface area contributed by atoms with Crippen LogP contribution < -0.4 is 4.98 Å². The molecule has 3 aromatic heterocycles. The first-order valence-corrected chi connectivity index (χ1v) is 6.81. The van der Waals surface area contributed by atoms with Crippen molar-refractivity contribution in [2.45, 2.75) is 10.8 Å². The van der Waals surface area contributed by atoms with Gasteiger partial charge < -0.3 is 4.57 Å². The summed E-state index contributed by atoms with van der Waals surface area (Å²) in [4.78, 5) is 7.67. The van der Waals surface area contributed by atoms with E-state index in [1.807, 2.05) is 18.6 Å². The SMILES string of the molecule is CC(I)c1cc2c(cn1)c1c[nH+]ccc1n2C. The van der Waals surface area contributed by atoms with Crippen LogP contribution in [-0.4, -0.2) is 9.55 Å². The van der Waals surface area contributed by atoms with Crippen molar-refractivity contribution in [3.63, 3.8) is 0 Å². The predicted molar refractivity (Wildman–Crippen MR) is 77.2 cm³/mol. The molecule has 0 aromatic carbocycles. The first kappa shape index (κ1) is 11.0. The van der Waals surface area contributed by atoms with Gasteiger partial charge in [0, 0.05) is 24.7 Å². The molecule has 3 aromatic rings. The topological polar surface area (TPSA) is 32.0 Å². The van der Waals surface area contributed by atoms with Crippen molar-refractivity contribution in [2.24, 2.45) is 7.05 Å². The molecule has 0 fully saturated rings. The lowest BCUT2D eigenvalue weighted by Crippen LogP contribution is -1.97. The quantitative estimate of drug-likeness (QED) is 0.496. The summed E-state index contributed by atoms with van der Waals surface area (Å²) < 4.78 is 2.66. The highest BCUT2D eigenvalue weighted by Gasteiger charge is 2.12. The number of nitrogens with zero attached hydrogens (tertiary/aromatic N) is 2. The number of nitrogens with one attached hydrogen (secondary N) is 1. The van der Waals surface area contributed by atoms with Gasteiger partial charge in [-0.3, -0.25) is 4.98 Å².